The number of ether oxygens (including phenoxy) is 3. The smallest absolute Gasteiger partial charge is 0.262 e. The van der Waals surface area contributed by atoms with E-state index in [1.165, 1.54) is 25.3 Å². The van der Waals surface area contributed by atoms with E-state index < -0.39 is 40.9 Å². The first kappa shape index (κ1) is 28.8. The molecule has 10 nitrogen and oxygen atoms in total. The first-order valence-electron chi connectivity index (χ1n) is 11.6. The first-order valence-corrected chi connectivity index (χ1v) is 13.1. The summed E-state index contributed by atoms with van der Waals surface area (Å²) in [5, 5.41) is 30.6. The minimum atomic E-state index is -4.21. The third-order valence-electron chi connectivity index (χ3n) is 5.47. The van der Waals surface area contributed by atoms with E-state index in [4.69, 9.17) is 19.3 Å². The Bertz CT molecular complexity index is 1380. The van der Waals surface area contributed by atoms with Gasteiger partial charge in [-0.25, -0.2) is 8.42 Å². The number of carboxylic acid groups (broad SMARTS) is 1. The van der Waals surface area contributed by atoms with Crippen molar-refractivity contribution in [1.82, 2.24) is 0 Å². The van der Waals surface area contributed by atoms with Crippen LogP contribution in [0, 0.1) is 0 Å². The third kappa shape index (κ3) is 7.15. The van der Waals surface area contributed by atoms with Gasteiger partial charge in [0.25, 0.3) is 10.0 Å². The minimum absolute atomic E-state index is 0.0603. The molecule has 38 heavy (non-hydrogen) atoms. The van der Waals surface area contributed by atoms with Gasteiger partial charge in [-0.1, -0.05) is 39.0 Å². The molecule has 0 aromatic heterocycles. The highest BCUT2D eigenvalue weighted by Gasteiger charge is 2.23. The van der Waals surface area contributed by atoms with Crippen LogP contribution in [0.4, 0.5) is 5.69 Å². The fraction of sp³-hybridized carbons (Fsp3) is 0.296. The van der Waals surface area contributed by atoms with Crippen LogP contribution >= 0.6 is 0 Å². The van der Waals surface area contributed by atoms with Crippen LogP contribution in [0.3, 0.4) is 0 Å². The normalized spacial score (nSPS) is 12.5. The summed E-state index contributed by atoms with van der Waals surface area (Å²) in [6.45, 7) is 4.95. The number of carbonyl (C=O) groups is 1. The molecule has 11 heteroatoms. The highest BCUT2D eigenvalue weighted by Crippen LogP contribution is 2.42. The van der Waals surface area contributed by atoms with Crippen molar-refractivity contribution < 1.29 is 42.7 Å². The maximum atomic E-state index is 13.3. The number of sulfonamides is 1. The van der Waals surface area contributed by atoms with E-state index in [1.54, 1.807) is 30.3 Å². The average molecular weight is 545 g/mol. The van der Waals surface area contributed by atoms with Gasteiger partial charge in [-0.05, 0) is 47.4 Å². The number of carbonyl (C=O) groups excluding carboxylic acids is 1. The highest BCUT2D eigenvalue weighted by atomic mass is 32.2. The van der Waals surface area contributed by atoms with Crippen LogP contribution in [-0.2, 0) is 15.4 Å². The molecule has 0 heterocycles. The average Bonchev–Trinajstić information content (AvgIpc) is 2.87. The van der Waals surface area contributed by atoms with Crippen LogP contribution < -0.4 is 24.0 Å². The topological polar surface area (TPSA) is 154 Å². The lowest BCUT2D eigenvalue weighted by molar-refractivity contribution is -0.255. The second kappa shape index (κ2) is 11.7. The Labute approximate surface area is 221 Å². The van der Waals surface area contributed by atoms with Gasteiger partial charge in [0.05, 0.1) is 30.3 Å². The fourth-order valence-corrected chi connectivity index (χ4v) is 4.42. The predicted octanol–water partition coefficient (Wildman–Crippen LogP) is 2.68. The van der Waals surface area contributed by atoms with Crippen molar-refractivity contribution in [3.05, 3.63) is 71.8 Å². The molecule has 0 spiro atoms. The Kier molecular flexibility index (Phi) is 8.87. The number of nitrogens with one attached hydrogen (secondary N) is 1. The van der Waals surface area contributed by atoms with Crippen LogP contribution in [-0.4, -0.2) is 51.0 Å². The van der Waals surface area contributed by atoms with E-state index in [1.807, 2.05) is 20.8 Å². The van der Waals surface area contributed by atoms with Crippen LogP contribution in [0.25, 0.3) is 0 Å². The molecule has 3 rings (SSSR count). The zero-order valence-electron chi connectivity index (χ0n) is 21.4. The highest BCUT2D eigenvalue weighted by molar-refractivity contribution is 7.92. The van der Waals surface area contributed by atoms with Gasteiger partial charge < -0.3 is 34.3 Å². The van der Waals surface area contributed by atoms with Crippen LogP contribution in [0.15, 0.2) is 65.6 Å². The summed E-state index contributed by atoms with van der Waals surface area (Å²) < 4.78 is 45.7. The van der Waals surface area contributed by atoms with E-state index in [9.17, 15) is 23.4 Å². The summed E-state index contributed by atoms with van der Waals surface area (Å²) in [6.07, 6.45) is -1.28. The van der Waals surface area contributed by atoms with Crippen molar-refractivity contribution in [3.63, 3.8) is 0 Å². The molecule has 0 saturated carbocycles. The lowest BCUT2D eigenvalue weighted by Crippen LogP contribution is -2.24. The molecule has 1 atom stereocenters. The van der Waals surface area contributed by atoms with Gasteiger partial charge in [-0.15, -0.1) is 0 Å². The molecule has 0 radical (unpaired) electrons. The summed E-state index contributed by atoms with van der Waals surface area (Å²) in [5.74, 6) is -1.30. The number of hydrogen-bond donors (Lipinski definition) is 3. The standard InChI is InChI=1S/C27H31NO9S/c1-27(2,3)18-8-10-22(11-9-18)38(33,34)28-23-12-17(26(31)32)13-24(36-16-19(30)15-29)25(23)37-21-7-5-6-20(14-21)35-4/h5-14,19,28-30H,15-16H2,1-4H3,(H,31,32)/p-1. The molecule has 204 valence electrons. The van der Waals surface area contributed by atoms with Crippen LogP contribution in [0.2, 0.25) is 0 Å². The van der Waals surface area contributed by atoms with E-state index in [-0.39, 0.29) is 33.2 Å². The number of hydrogen-bond acceptors (Lipinski definition) is 9. The minimum Gasteiger partial charge on any atom is -0.545 e. The number of aliphatic hydroxyl groups is 2. The number of aromatic carboxylic acids is 1. The van der Waals surface area contributed by atoms with Crippen LogP contribution in [0.5, 0.6) is 23.0 Å². The number of benzene rings is 3. The number of anilines is 1. The molecule has 0 aliphatic heterocycles. The van der Waals surface area contributed by atoms with Crippen molar-refractivity contribution in [2.75, 3.05) is 25.0 Å². The molecule has 1 unspecified atom stereocenters. The quantitative estimate of drug-likeness (QED) is 0.330. The summed E-state index contributed by atoms with van der Waals surface area (Å²) in [4.78, 5) is 11.7. The van der Waals surface area contributed by atoms with Crippen molar-refractivity contribution >= 4 is 21.7 Å². The van der Waals surface area contributed by atoms with Crippen LogP contribution in [0.1, 0.15) is 36.7 Å². The van der Waals surface area contributed by atoms with E-state index in [0.29, 0.717) is 5.75 Å². The predicted molar refractivity (Wildman–Crippen MR) is 138 cm³/mol. The monoisotopic (exact) mass is 544 g/mol. The fourth-order valence-electron chi connectivity index (χ4n) is 3.37. The van der Waals surface area contributed by atoms with Gasteiger partial charge >= 0.3 is 0 Å². The number of aliphatic hydroxyl groups excluding tert-OH is 2. The second-order valence-electron chi connectivity index (χ2n) is 9.45. The van der Waals surface area contributed by atoms with Gasteiger partial charge in [0.2, 0.25) is 0 Å². The Balaban J connectivity index is 2.11. The molecule has 3 aromatic carbocycles. The number of rotatable bonds is 11. The SMILES string of the molecule is COc1cccc(Oc2c(NS(=O)(=O)c3ccc(C(C)(C)C)cc3)cc(C(=O)[O-])cc2OCC(O)CO)c1. The van der Waals surface area contributed by atoms with Crippen molar-refractivity contribution in [2.24, 2.45) is 0 Å². The molecule has 0 aliphatic carbocycles. The summed E-state index contributed by atoms with van der Waals surface area (Å²) in [6, 6.07) is 14.8. The maximum absolute atomic E-state index is 13.3. The molecular formula is C27H30NO9S-. The zero-order valence-corrected chi connectivity index (χ0v) is 22.2. The molecule has 0 fully saturated rings. The zero-order chi connectivity index (χ0) is 28.1. The van der Waals surface area contributed by atoms with Gasteiger partial charge in [0.15, 0.2) is 11.5 Å². The van der Waals surface area contributed by atoms with Crippen molar-refractivity contribution in [3.8, 4) is 23.0 Å². The molecule has 0 bridgehead atoms. The van der Waals surface area contributed by atoms with Crippen molar-refractivity contribution in [1.29, 1.82) is 0 Å². The number of carboxylic acids is 1. The largest absolute Gasteiger partial charge is 0.545 e. The molecule has 3 aromatic rings. The van der Waals surface area contributed by atoms with Gasteiger partial charge in [-0.3, -0.25) is 4.72 Å². The van der Waals surface area contributed by atoms with E-state index in [2.05, 4.69) is 4.72 Å². The first-order chi connectivity index (χ1) is 17.8. The lowest BCUT2D eigenvalue weighted by Gasteiger charge is -2.21. The molecule has 0 saturated heterocycles. The Hall–Kier alpha value is -3.80. The van der Waals surface area contributed by atoms with Gasteiger partial charge in [0, 0.05) is 11.6 Å². The van der Waals surface area contributed by atoms with Gasteiger partial charge in [-0.2, -0.15) is 0 Å². The number of methoxy groups -OCH3 is 1. The van der Waals surface area contributed by atoms with E-state index in [0.717, 1.165) is 17.7 Å². The summed E-state index contributed by atoms with van der Waals surface area (Å²) in [7, 11) is -2.75. The third-order valence-corrected chi connectivity index (χ3v) is 6.85. The Morgan fingerprint density at radius 1 is 1.05 bits per heavy atom. The molecule has 3 N–H and O–H groups in total. The summed E-state index contributed by atoms with van der Waals surface area (Å²) >= 11 is 0. The summed E-state index contributed by atoms with van der Waals surface area (Å²) in [5.41, 5.74) is 0.0810. The second-order valence-corrected chi connectivity index (χ2v) is 11.1. The van der Waals surface area contributed by atoms with Gasteiger partial charge in [0.1, 0.15) is 24.2 Å². The lowest BCUT2D eigenvalue weighted by atomic mass is 9.87. The van der Waals surface area contributed by atoms with E-state index >= 15 is 0 Å². The Morgan fingerprint density at radius 3 is 2.29 bits per heavy atom. The Morgan fingerprint density at radius 2 is 1.71 bits per heavy atom. The molecular weight excluding hydrogens is 514 g/mol. The maximum Gasteiger partial charge on any atom is 0.262 e. The van der Waals surface area contributed by atoms with Crippen molar-refractivity contribution in [2.45, 2.75) is 37.2 Å². The molecule has 0 amide bonds. The molecule has 0 aliphatic rings.